The lowest BCUT2D eigenvalue weighted by molar-refractivity contribution is 0.0958. The molecule has 0 fully saturated rings. The first-order valence-electron chi connectivity index (χ1n) is 10.0. The third kappa shape index (κ3) is 4.87. The minimum Gasteiger partial charge on any atom is -0.496 e. The van der Waals surface area contributed by atoms with E-state index >= 15 is 0 Å². The molecule has 31 heavy (non-hydrogen) atoms. The van der Waals surface area contributed by atoms with Crippen molar-refractivity contribution in [2.45, 2.75) is 13.5 Å². The quantitative estimate of drug-likeness (QED) is 0.296. The van der Waals surface area contributed by atoms with Crippen LogP contribution in [-0.4, -0.2) is 36.1 Å². The Balaban J connectivity index is 1.28. The molecule has 4 rings (SSSR count). The highest BCUT2D eigenvalue weighted by atomic mass is 32.1. The number of amides is 1. The monoisotopic (exact) mass is 435 g/mol. The van der Waals surface area contributed by atoms with Gasteiger partial charge in [-0.3, -0.25) is 4.79 Å². The molecule has 1 amide bonds. The number of carbonyl (C=O) groups is 1. The number of rotatable bonds is 9. The molecule has 0 unspecified atom stereocenters. The number of hydrogen-bond acceptors (Lipinski definition) is 6. The highest BCUT2D eigenvalue weighted by Crippen LogP contribution is 2.29. The van der Waals surface area contributed by atoms with Crippen molar-refractivity contribution in [3.8, 4) is 5.75 Å². The molecule has 8 heteroatoms. The number of benzene rings is 1. The zero-order valence-electron chi connectivity index (χ0n) is 17.5. The van der Waals surface area contributed by atoms with Crippen molar-refractivity contribution in [1.29, 1.82) is 0 Å². The summed E-state index contributed by atoms with van der Waals surface area (Å²) in [6.45, 7) is 3.99. The standard InChI is InChI=1S/C23H25N5O2S/c1-15-13-16(3-4-20(15)30-2)14-24-10-11-27-23(29)21-19(7-12-31-21)28-18-6-9-26-22-17(18)5-8-25-22/h3-9,12-13,24H,10-11,14H2,1-2H3,(H,27,29)(H2,25,26,28). The fourth-order valence-electron chi connectivity index (χ4n) is 3.43. The van der Waals surface area contributed by atoms with Crippen molar-refractivity contribution in [3.63, 3.8) is 0 Å². The third-order valence-corrected chi connectivity index (χ3v) is 5.89. The summed E-state index contributed by atoms with van der Waals surface area (Å²) in [5.74, 6) is 0.805. The maximum Gasteiger partial charge on any atom is 0.263 e. The van der Waals surface area contributed by atoms with E-state index in [1.807, 2.05) is 48.8 Å². The van der Waals surface area contributed by atoms with Gasteiger partial charge in [0.2, 0.25) is 0 Å². The van der Waals surface area contributed by atoms with Gasteiger partial charge in [0, 0.05) is 37.4 Å². The van der Waals surface area contributed by atoms with Crippen molar-refractivity contribution in [1.82, 2.24) is 20.6 Å². The number of thiophene rings is 1. The highest BCUT2D eigenvalue weighted by molar-refractivity contribution is 7.12. The second-order valence-corrected chi connectivity index (χ2v) is 8.04. The van der Waals surface area contributed by atoms with Crippen LogP contribution in [0, 0.1) is 6.92 Å². The number of nitrogens with zero attached hydrogens (tertiary/aromatic N) is 1. The molecule has 0 bridgehead atoms. The second kappa shape index (κ2) is 9.63. The maximum absolute atomic E-state index is 12.7. The average molecular weight is 436 g/mol. The van der Waals surface area contributed by atoms with E-state index in [1.54, 1.807) is 13.3 Å². The van der Waals surface area contributed by atoms with Crippen LogP contribution in [-0.2, 0) is 6.54 Å². The van der Waals surface area contributed by atoms with Gasteiger partial charge in [0.05, 0.1) is 18.5 Å². The Kier molecular flexibility index (Phi) is 6.49. The van der Waals surface area contributed by atoms with E-state index in [0.29, 0.717) is 18.0 Å². The van der Waals surface area contributed by atoms with E-state index < -0.39 is 0 Å². The summed E-state index contributed by atoms with van der Waals surface area (Å²) in [5, 5.41) is 12.6. The van der Waals surface area contributed by atoms with Crippen molar-refractivity contribution in [3.05, 3.63) is 70.2 Å². The molecule has 3 aromatic heterocycles. The van der Waals surface area contributed by atoms with Crippen LogP contribution in [0.4, 0.5) is 11.4 Å². The summed E-state index contributed by atoms with van der Waals surface area (Å²) in [5.41, 5.74) is 4.80. The second-order valence-electron chi connectivity index (χ2n) is 7.12. The summed E-state index contributed by atoms with van der Waals surface area (Å²) in [6.07, 6.45) is 3.59. The Bertz CT molecular complexity index is 1180. The molecule has 0 spiro atoms. The number of nitrogens with one attached hydrogen (secondary N) is 4. The van der Waals surface area contributed by atoms with Gasteiger partial charge in [0.25, 0.3) is 5.91 Å². The van der Waals surface area contributed by atoms with Crippen LogP contribution in [0.2, 0.25) is 0 Å². The van der Waals surface area contributed by atoms with Crippen LogP contribution < -0.4 is 20.7 Å². The summed E-state index contributed by atoms with van der Waals surface area (Å²) in [7, 11) is 1.68. The fraction of sp³-hybridized carbons (Fsp3) is 0.217. The van der Waals surface area contributed by atoms with E-state index in [1.165, 1.54) is 16.9 Å². The zero-order valence-corrected chi connectivity index (χ0v) is 18.3. The molecule has 0 atom stereocenters. The number of aromatic nitrogens is 2. The lowest BCUT2D eigenvalue weighted by Crippen LogP contribution is -2.31. The van der Waals surface area contributed by atoms with E-state index in [9.17, 15) is 4.79 Å². The number of aromatic amines is 1. The van der Waals surface area contributed by atoms with Crippen LogP contribution in [0.3, 0.4) is 0 Å². The summed E-state index contributed by atoms with van der Waals surface area (Å²) in [4.78, 5) is 20.7. The van der Waals surface area contributed by atoms with Crippen LogP contribution in [0.1, 0.15) is 20.8 Å². The molecule has 7 nitrogen and oxygen atoms in total. The summed E-state index contributed by atoms with van der Waals surface area (Å²) >= 11 is 1.42. The number of H-pyrrole nitrogens is 1. The largest absolute Gasteiger partial charge is 0.496 e. The number of pyridine rings is 1. The highest BCUT2D eigenvalue weighted by Gasteiger charge is 2.14. The number of aryl methyl sites for hydroxylation is 1. The lowest BCUT2D eigenvalue weighted by atomic mass is 10.1. The fourth-order valence-corrected chi connectivity index (χ4v) is 4.19. The number of methoxy groups -OCH3 is 1. The van der Waals surface area contributed by atoms with Crippen LogP contribution in [0.25, 0.3) is 11.0 Å². The summed E-state index contributed by atoms with van der Waals surface area (Å²) < 4.78 is 5.29. The Labute approximate surface area is 184 Å². The van der Waals surface area contributed by atoms with Crippen LogP contribution >= 0.6 is 11.3 Å². The molecule has 0 saturated carbocycles. The minimum atomic E-state index is -0.0843. The minimum absolute atomic E-state index is 0.0843. The number of carbonyl (C=O) groups excluding carboxylic acids is 1. The van der Waals surface area contributed by atoms with Gasteiger partial charge in [-0.05, 0) is 47.7 Å². The third-order valence-electron chi connectivity index (χ3n) is 4.98. The van der Waals surface area contributed by atoms with E-state index in [0.717, 1.165) is 40.3 Å². The topological polar surface area (TPSA) is 91.1 Å². The first-order chi connectivity index (χ1) is 15.2. The normalized spacial score (nSPS) is 10.9. The Morgan fingerprint density at radius 2 is 2.06 bits per heavy atom. The molecular formula is C23H25N5O2S. The Morgan fingerprint density at radius 3 is 2.90 bits per heavy atom. The number of fused-ring (bicyclic) bond motifs is 1. The number of anilines is 2. The molecular weight excluding hydrogens is 410 g/mol. The Hall–Kier alpha value is -3.36. The van der Waals surface area contributed by atoms with Crippen molar-refractivity contribution in [2.24, 2.45) is 0 Å². The van der Waals surface area contributed by atoms with Crippen molar-refractivity contribution >= 4 is 39.7 Å². The van der Waals surface area contributed by atoms with E-state index in [2.05, 4.69) is 32.0 Å². The lowest BCUT2D eigenvalue weighted by Gasteiger charge is -2.10. The smallest absolute Gasteiger partial charge is 0.263 e. The average Bonchev–Trinajstić information content (AvgIpc) is 3.43. The van der Waals surface area contributed by atoms with Gasteiger partial charge in [-0.1, -0.05) is 12.1 Å². The van der Waals surface area contributed by atoms with Crippen LogP contribution in [0.15, 0.2) is 54.2 Å². The molecule has 4 N–H and O–H groups in total. The molecule has 3 heterocycles. The molecule has 0 radical (unpaired) electrons. The number of ether oxygens (including phenoxy) is 1. The molecule has 0 aliphatic rings. The van der Waals surface area contributed by atoms with Crippen molar-refractivity contribution < 1.29 is 9.53 Å². The SMILES string of the molecule is COc1ccc(CNCCNC(=O)c2sccc2Nc2ccnc3[nH]ccc23)cc1C. The predicted octanol–water partition coefficient (Wildman–Crippen LogP) is 4.20. The van der Waals surface area contributed by atoms with E-state index in [4.69, 9.17) is 4.74 Å². The van der Waals surface area contributed by atoms with Crippen molar-refractivity contribution in [2.75, 3.05) is 25.5 Å². The van der Waals surface area contributed by atoms with Gasteiger partial charge in [-0.2, -0.15) is 0 Å². The molecule has 4 aromatic rings. The number of hydrogen-bond donors (Lipinski definition) is 4. The van der Waals surface area contributed by atoms with Gasteiger partial charge in [0.15, 0.2) is 0 Å². The Morgan fingerprint density at radius 1 is 1.16 bits per heavy atom. The predicted molar refractivity (Wildman–Crippen MR) is 125 cm³/mol. The first kappa shape index (κ1) is 20.9. The van der Waals surface area contributed by atoms with Gasteiger partial charge in [-0.15, -0.1) is 11.3 Å². The zero-order chi connectivity index (χ0) is 21.6. The molecule has 0 aliphatic carbocycles. The van der Waals surface area contributed by atoms with Gasteiger partial charge in [0.1, 0.15) is 16.3 Å². The molecule has 1 aromatic carbocycles. The maximum atomic E-state index is 12.7. The first-order valence-corrected chi connectivity index (χ1v) is 10.9. The van der Waals surface area contributed by atoms with Crippen LogP contribution in [0.5, 0.6) is 5.75 Å². The van der Waals surface area contributed by atoms with Gasteiger partial charge in [-0.25, -0.2) is 4.98 Å². The molecule has 160 valence electrons. The van der Waals surface area contributed by atoms with Gasteiger partial charge >= 0.3 is 0 Å². The molecule has 0 aliphatic heterocycles. The summed E-state index contributed by atoms with van der Waals surface area (Å²) in [6, 6.07) is 11.9. The molecule has 0 saturated heterocycles. The van der Waals surface area contributed by atoms with E-state index in [-0.39, 0.29) is 5.91 Å². The van der Waals surface area contributed by atoms with Gasteiger partial charge < -0.3 is 25.7 Å².